The van der Waals surface area contributed by atoms with Gasteiger partial charge in [0.25, 0.3) is 0 Å². The van der Waals surface area contributed by atoms with E-state index in [1.165, 1.54) is 38.0 Å². The van der Waals surface area contributed by atoms with Gasteiger partial charge in [-0.05, 0) is 44.1 Å². The Morgan fingerprint density at radius 3 is 2.67 bits per heavy atom. The minimum absolute atomic E-state index is 0.382. The molecule has 2 aromatic rings. The van der Waals surface area contributed by atoms with Crippen molar-refractivity contribution >= 4 is 10.9 Å². The molecule has 0 atom stereocenters. The molecule has 0 bridgehead atoms. The quantitative estimate of drug-likeness (QED) is 0.880. The molecular formula is C15H20N2O. The molecule has 1 aliphatic rings. The number of aromatic nitrogens is 1. The average molecular weight is 244 g/mol. The number of rotatable bonds is 2. The second-order valence-electron chi connectivity index (χ2n) is 5.24. The summed E-state index contributed by atoms with van der Waals surface area (Å²) >= 11 is 0. The van der Waals surface area contributed by atoms with Crippen molar-refractivity contribution in [1.29, 1.82) is 0 Å². The first-order chi connectivity index (χ1) is 8.75. The maximum Gasteiger partial charge on any atom is 0.124 e. The molecule has 0 amide bonds. The number of benzene rings is 1. The summed E-state index contributed by atoms with van der Waals surface area (Å²) in [5.74, 6) is 0.382. The number of hydrogen-bond acceptors (Lipinski definition) is 2. The zero-order valence-corrected chi connectivity index (χ0v) is 10.9. The molecule has 1 saturated heterocycles. The average Bonchev–Trinajstić information content (AvgIpc) is 2.70. The fourth-order valence-corrected chi connectivity index (χ4v) is 2.90. The standard InChI is InChI=1S/C15H20N2O/c1-16-12(11-17-8-3-2-4-9-17)10-13-14(16)6-5-7-15(13)18/h5-7,10,18H,2-4,8-9,11H2,1H3. The number of piperidine rings is 1. The largest absolute Gasteiger partial charge is 0.507 e. The van der Waals surface area contributed by atoms with E-state index in [0.717, 1.165) is 17.4 Å². The van der Waals surface area contributed by atoms with Crippen LogP contribution in [0, 0.1) is 0 Å². The van der Waals surface area contributed by atoms with Crippen molar-refractivity contribution in [3.05, 3.63) is 30.0 Å². The summed E-state index contributed by atoms with van der Waals surface area (Å²) in [6.45, 7) is 3.39. The summed E-state index contributed by atoms with van der Waals surface area (Å²) in [5.41, 5.74) is 2.40. The van der Waals surface area contributed by atoms with Crippen LogP contribution >= 0.6 is 0 Å². The molecule has 1 fully saturated rings. The van der Waals surface area contributed by atoms with Crippen LogP contribution in [-0.2, 0) is 13.6 Å². The van der Waals surface area contributed by atoms with Gasteiger partial charge in [-0.25, -0.2) is 0 Å². The highest BCUT2D eigenvalue weighted by molar-refractivity contribution is 5.87. The minimum Gasteiger partial charge on any atom is -0.507 e. The van der Waals surface area contributed by atoms with Crippen molar-refractivity contribution in [2.75, 3.05) is 13.1 Å². The van der Waals surface area contributed by atoms with Crippen LogP contribution in [0.4, 0.5) is 0 Å². The zero-order chi connectivity index (χ0) is 12.5. The molecule has 0 unspecified atom stereocenters. The Kier molecular flexibility index (Phi) is 3.00. The number of likely N-dealkylation sites (tertiary alicyclic amines) is 1. The highest BCUT2D eigenvalue weighted by Gasteiger charge is 2.14. The van der Waals surface area contributed by atoms with Gasteiger partial charge in [-0.15, -0.1) is 0 Å². The number of hydrogen-bond donors (Lipinski definition) is 1. The summed E-state index contributed by atoms with van der Waals surface area (Å²) < 4.78 is 2.20. The van der Waals surface area contributed by atoms with E-state index in [4.69, 9.17) is 0 Å². The maximum atomic E-state index is 9.89. The van der Waals surface area contributed by atoms with Gasteiger partial charge < -0.3 is 9.67 Å². The minimum atomic E-state index is 0.382. The summed E-state index contributed by atoms with van der Waals surface area (Å²) in [4.78, 5) is 2.51. The van der Waals surface area contributed by atoms with E-state index in [0.29, 0.717) is 5.75 Å². The van der Waals surface area contributed by atoms with Crippen molar-refractivity contribution in [3.8, 4) is 5.75 Å². The molecule has 3 heteroatoms. The Morgan fingerprint density at radius 1 is 1.17 bits per heavy atom. The monoisotopic (exact) mass is 244 g/mol. The van der Waals surface area contributed by atoms with Gasteiger partial charge in [0.2, 0.25) is 0 Å². The Bertz CT molecular complexity index is 553. The van der Waals surface area contributed by atoms with Crippen LogP contribution < -0.4 is 0 Å². The van der Waals surface area contributed by atoms with E-state index >= 15 is 0 Å². The second kappa shape index (κ2) is 4.65. The first-order valence-corrected chi connectivity index (χ1v) is 6.74. The van der Waals surface area contributed by atoms with E-state index in [1.807, 2.05) is 6.07 Å². The summed E-state index contributed by atoms with van der Waals surface area (Å²) in [6.07, 6.45) is 4.00. The Labute approximate surface area is 108 Å². The van der Waals surface area contributed by atoms with Crippen LogP contribution in [0.15, 0.2) is 24.3 Å². The van der Waals surface area contributed by atoms with Crippen LogP contribution in [-0.4, -0.2) is 27.7 Å². The van der Waals surface area contributed by atoms with Gasteiger partial charge >= 0.3 is 0 Å². The van der Waals surface area contributed by atoms with Crippen LogP contribution in [0.25, 0.3) is 10.9 Å². The summed E-state index contributed by atoms with van der Waals surface area (Å²) in [7, 11) is 2.08. The molecule has 3 nitrogen and oxygen atoms in total. The van der Waals surface area contributed by atoms with Crippen molar-refractivity contribution in [2.24, 2.45) is 7.05 Å². The normalized spacial score (nSPS) is 17.4. The van der Waals surface area contributed by atoms with Gasteiger partial charge in [-0.2, -0.15) is 0 Å². The van der Waals surface area contributed by atoms with Crippen LogP contribution in [0.2, 0.25) is 0 Å². The molecule has 0 aliphatic carbocycles. The lowest BCUT2D eigenvalue weighted by molar-refractivity contribution is 0.217. The van der Waals surface area contributed by atoms with Gasteiger partial charge in [0.15, 0.2) is 0 Å². The Hall–Kier alpha value is -1.48. The van der Waals surface area contributed by atoms with Crippen molar-refractivity contribution < 1.29 is 5.11 Å². The molecule has 1 aliphatic heterocycles. The fourth-order valence-electron chi connectivity index (χ4n) is 2.90. The third kappa shape index (κ3) is 1.99. The SMILES string of the molecule is Cn1c(CN2CCCCC2)cc2c(O)cccc21. The third-order valence-electron chi connectivity index (χ3n) is 4.00. The molecule has 2 heterocycles. The number of fused-ring (bicyclic) bond motifs is 1. The first-order valence-electron chi connectivity index (χ1n) is 6.74. The van der Waals surface area contributed by atoms with E-state index < -0.39 is 0 Å². The Balaban J connectivity index is 1.92. The summed E-state index contributed by atoms with van der Waals surface area (Å²) in [5, 5.41) is 10.9. The van der Waals surface area contributed by atoms with Gasteiger partial charge in [-0.1, -0.05) is 12.5 Å². The number of aryl methyl sites for hydroxylation is 1. The molecule has 1 aromatic heterocycles. The predicted octanol–water partition coefficient (Wildman–Crippen LogP) is 2.87. The molecular weight excluding hydrogens is 224 g/mol. The molecule has 0 radical (unpaired) electrons. The van der Waals surface area contributed by atoms with Crippen molar-refractivity contribution in [2.45, 2.75) is 25.8 Å². The molecule has 0 saturated carbocycles. The smallest absolute Gasteiger partial charge is 0.124 e. The third-order valence-corrected chi connectivity index (χ3v) is 4.00. The number of phenols is 1. The number of nitrogens with zero attached hydrogens (tertiary/aromatic N) is 2. The Morgan fingerprint density at radius 2 is 1.94 bits per heavy atom. The highest BCUT2D eigenvalue weighted by atomic mass is 16.3. The molecule has 1 N–H and O–H groups in total. The van der Waals surface area contributed by atoms with Gasteiger partial charge in [0.1, 0.15) is 5.75 Å². The van der Waals surface area contributed by atoms with Crippen LogP contribution in [0.1, 0.15) is 25.0 Å². The molecule has 1 aromatic carbocycles. The summed E-state index contributed by atoms with van der Waals surface area (Å²) in [6, 6.07) is 7.85. The van der Waals surface area contributed by atoms with E-state index in [1.54, 1.807) is 6.07 Å². The van der Waals surface area contributed by atoms with Crippen LogP contribution in [0.3, 0.4) is 0 Å². The lowest BCUT2D eigenvalue weighted by Gasteiger charge is -2.26. The maximum absolute atomic E-state index is 9.89. The highest BCUT2D eigenvalue weighted by Crippen LogP contribution is 2.28. The fraction of sp³-hybridized carbons (Fsp3) is 0.467. The lowest BCUT2D eigenvalue weighted by Crippen LogP contribution is -2.29. The number of aromatic hydroxyl groups is 1. The molecule has 96 valence electrons. The van der Waals surface area contributed by atoms with Crippen molar-refractivity contribution in [1.82, 2.24) is 9.47 Å². The van der Waals surface area contributed by atoms with Crippen LogP contribution in [0.5, 0.6) is 5.75 Å². The van der Waals surface area contributed by atoms with Crippen molar-refractivity contribution in [3.63, 3.8) is 0 Å². The molecule has 18 heavy (non-hydrogen) atoms. The molecule has 3 rings (SSSR count). The second-order valence-corrected chi connectivity index (χ2v) is 5.24. The predicted molar refractivity (Wildman–Crippen MR) is 73.7 cm³/mol. The van der Waals surface area contributed by atoms with Gasteiger partial charge in [0.05, 0.1) is 5.52 Å². The first kappa shape index (κ1) is 11.6. The molecule has 0 spiro atoms. The van der Waals surface area contributed by atoms with Gasteiger partial charge in [0, 0.05) is 24.7 Å². The zero-order valence-electron chi connectivity index (χ0n) is 10.9. The van der Waals surface area contributed by atoms with E-state index in [2.05, 4.69) is 28.6 Å². The van der Waals surface area contributed by atoms with Gasteiger partial charge in [-0.3, -0.25) is 4.90 Å². The lowest BCUT2D eigenvalue weighted by atomic mass is 10.1. The van der Waals surface area contributed by atoms with E-state index in [-0.39, 0.29) is 0 Å². The van der Waals surface area contributed by atoms with E-state index in [9.17, 15) is 5.11 Å². The number of phenolic OH excluding ortho intramolecular Hbond substituents is 1. The topological polar surface area (TPSA) is 28.4 Å².